The zero-order valence-corrected chi connectivity index (χ0v) is 8.30. The molecule has 1 aromatic rings. The lowest BCUT2D eigenvalue weighted by Gasteiger charge is -2.05. The maximum Gasteiger partial charge on any atom is 0.168 e. The summed E-state index contributed by atoms with van der Waals surface area (Å²) in [4.78, 5) is 4.86. The third-order valence-electron chi connectivity index (χ3n) is 1.78. The summed E-state index contributed by atoms with van der Waals surface area (Å²) in [5.74, 6) is 5.43. The lowest BCUT2D eigenvalue weighted by Crippen LogP contribution is -2.03. The van der Waals surface area contributed by atoms with Gasteiger partial charge in [-0.05, 0) is 37.1 Å². The molecular formula is C8H11NO3S. The largest absolute Gasteiger partial charge is 0.412 e. The molecule has 0 saturated heterocycles. The number of thiol groups is 1. The van der Waals surface area contributed by atoms with Crippen molar-refractivity contribution < 1.29 is 13.3 Å². The molecule has 0 aliphatic heterocycles. The Balaban J connectivity index is 3.39. The average Bonchev–Trinajstić information content (AvgIpc) is 2.02. The Labute approximate surface area is 78.2 Å². The topological polar surface area (TPSA) is 69.4 Å². The van der Waals surface area contributed by atoms with Crippen LogP contribution in [0.1, 0.15) is 11.1 Å². The summed E-state index contributed by atoms with van der Waals surface area (Å²) in [5, 5.41) is 0. The van der Waals surface area contributed by atoms with Crippen LogP contribution >= 0.6 is 0 Å². The summed E-state index contributed by atoms with van der Waals surface area (Å²) in [6.45, 7) is 3.41. The number of nitrogens with two attached hydrogens (primary N) is 1. The molecule has 2 N–H and O–H groups in total. The molecular weight excluding hydrogens is 190 g/mol. The van der Waals surface area contributed by atoms with Crippen LogP contribution in [-0.4, -0.2) is 8.42 Å². The minimum absolute atomic E-state index is 0.343. The van der Waals surface area contributed by atoms with Crippen LogP contribution in [0, 0.1) is 13.8 Å². The quantitative estimate of drug-likeness (QED) is 0.541. The molecule has 0 bridgehead atoms. The van der Waals surface area contributed by atoms with E-state index in [1.165, 1.54) is 0 Å². The van der Waals surface area contributed by atoms with Gasteiger partial charge in [-0.2, -0.15) is 5.90 Å². The highest BCUT2D eigenvalue weighted by atomic mass is 32.2. The Morgan fingerprint density at radius 1 is 1.23 bits per heavy atom. The van der Waals surface area contributed by atoms with Crippen molar-refractivity contribution in [2.24, 2.45) is 5.90 Å². The van der Waals surface area contributed by atoms with Gasteiger partial charge in [0.05, 0.1) is 4.90 Å². The highest BCUT2D eigenvalue weighted by Crippen LogP contribution is 2.21. The number of rotatable bonds is 2. The van der Waals surface area contributed by atoms with E-state index < -0.39 is 10.7 Å². The Hall–Kier alpha value is -1.07. The molecule has 0 fully saturated rings. The van der Waals surface area contributed by atoms with Gasteiger partial charge in [0.1, 0.15) is 5.75 Å². The van der Waals surface area contributed by atoms with E-state index in [0.717, 1.165) is 0 Å². The van der Waals surface area contributed by atoms with Gasteiger partial charge in [-0.25, -0.2) is 8.42 Å². The number of hydrogen-bond donors (Lipinski definition) is 2. The minimum Gasteiger partial charge on any atom is -0.412 e. The van der Waals surface area contributed by atoms with Crippen molar-refractivity contribution in [1.29, 1.82) is 0 Å². The predicted octanol–water partition coefficient (Wildman–Crippen LogP) is 0.526. The van der Waals surface area contributed by atoms with E-state index in [1.54, 1.807) is 26.0 Å². The second-order valence-electron chi connectivity index (χ2n) is 2.78. The molecule has 72 valence electrons. The second kappa shape index (κ2) is 3.76. The number of aryl methyl sites for hydroxylation is 2. The summed E-state index contributed by atoms with van der Waals surface area (Å²) < 4.78 is 21.6. The first-order valence-corrected chi connectivity index (χ1v) is 4.86. The van der Waals surface area contributed by atoms with Crippen LogP contribution in [0.25, 0.3) is 0 Å². The van der Waals surface area contributed by atoms with Gasteiger partial charge in [-0.15, -0.1) is 0 Å². The van der Waals surface area contributed by atoms with Crippen LogP contribution in [0.3, 0.4) is 0 Å². The number of benzene rings is 1. The van der Waals surface area contributed by atoms with Crippen molar-refractivity contribution in [2.45, 2.75) is 18.7 Å². The van der Waals surface area contributed by atoms with Gasteiger partial charge in [0.15, 0.2) is 10.7 Å². The molecule has 0 atom stereocenters. The first-order valence-electron chi connectivity index (χ1n) is 3.68. The van der Waals surface area contributed by atoms with Gasteiger partial charge in [0.2, 0.25) is 0 Å². The molecule has 0 saturated carbocycles. The van der Waals surface area contributed by atoms with E-state index in [0.29, 0.717) is 21.8 Å². The maximum atomic E-state index is 10.8. The van der Waals surface area contributed by atoms with Crippen LogP contribution in [0.15, 0.2) is 17.0 Å². The molecule has 1 aromatic carbocycles. The zero-order valence-electron chi connectivity index (χ0n) is 7.40. The Morgan fingerprint density at radius 3 is 2.00 bits per heavy atom. The third-order valence-corrected chi connectivity index (χ3v) is 2.85. The summed E-state index contributed by atoms with van der Waals surface area (Å²) in [7, 11) is -2.55. The molecule has 0 amide bonds. The molecule has 0 radical (unpaired) electrons. The summed E-state index contributed by atoms with van der Waals surface area (Å²) in [6.07, 6.45) is 0. The van der Waals surface area contributed by atoms with Gasteiger partial charge >= 0.3 is 0 Å². The summed E-state index contributed by atoms with van der Waals surface area (Å²) in [6, 6.07) is 3.18. The summed E-state index contributed by atoms with van der Waals surface area (Å²) in [5.41, 5.74) is 1.30. The van der Waals surface area contributed by atoms with Gasteiger partial charge in [0, 0.05) is 0 Å². The lowest BCUT2D eigenvalue weighted by molar-refractivity contribution is 0.333. The molecule has 13 heavy (non-hydrogen) atoms. The van der Waals surface area contributed by atoms with Crippen LogP contribution < -0.4 is 10.7 Å². The van der Waals surface area contributed by atoms with Gasteiger partial charge in [-0.1, -0.05) is 0 Å². The van der Waals surface area contributed by atoms with Crippen LogP contribution in [-0.2, 0) is 10.7 Å². The monoisotopic (exact) mass is 201 g/mol. The standard InChI is InChI=1S/C8H11NO3S/c1-5-3-7(12-9)4-6(2)8(5)13(10)11/h3-4,13H,9H2,1-2H3. The first kappa shape index (κ1) is 10.0. The highest BCUT2D eigenvalue weighted by molar-refractivity contribution is 7.72. The summed E-state index contributed by atoms with van der Waals surface area (Å²) >= 11 is 0. The highest BCUT2D eigenvalue weighted by Gasteiger charge is 2.07. The second-order valence-corrected chi connectivity index (χ2v) is 3.74. The molecule has 0 unspecified atom stereocenters. The molecule has 0 aromatic heterocycles. The van der Waals surface area contributed by atoms with E-state index >= 15 is 0 Å². The van der Waals surface area contributed by atoms with Gasteiger partial charge < -0.3 is 4.84 Å². The van der Waals surface area contributed by atoms with Crippen molar-refractivity contribution in [3.05, 3.63) is 23.3 Å². The fourth-order valence-electron chi connectivity index (χ4n) is 1.27. The zero-order chi connectivity index (χ0) is 10.0. The van der Waals surface area contributed by atoms with E-state index in [-0.39, 0.29) is 0 Å². The smallest absolute Gasteiger partial charge is 0.168 e. The molecule has 0 aliphatic carbocycles. The molecule has 1 rings (SSSR count). The Morgan fingerprint density at radius 2 is 1.69 bits per heavy atom. The van der Waals surface area contributed by atoms with E-state index in [1.807, 2.05) is 0 Å². The fraction of sp³-hybridized carbons (Fsp3) is 0.250. The van der Waals surface area contributed by atoms with Crippen LogP contribution in [0.5, 0.6) is 5.75 Å². The molecule has 0 spiro atoms. The van der Waals surface area contributed by atoms with E-state index in [9.17, 15) is 8.42 Å². The Bertz CT molecular complexity index is 367. The van der Waals surface area contributed by atoms with Gasteiger partial charge in [0.25, 0.3) is 0 Å². The SMILES string of the molecule is Cc1cc(ON)cc(C)c1[SH](=O)=O. The van der Waals surface area contributed by atoms with E-state index in [4.69, 9.17) is 5.90 Å². The molecule has 5 heteroatoms. The number of hydrogen-bond acceptors (Lipinski definition) is 4. The molecule has 0 heterocycles. The molecule has 0 aliphatic rings. The fourth-order valence-corrected chi connectivity index (χ4v) is 1.98. The molecule has 4 nitrogen and oxygen atoms in total. The van der Waals surface area contributed by atoms with Crippen molar-refractivity contribution in [3.63, 3.8) is 0 Å². The van der Waals surface area contributed by atoms with Crippen molar-refractivity contribution in [2.75, 3.05) is 0 Å². The Kier molecular flexibility index (Phi) is 2.90. The first-order chi connectivity index (χ1) is 6.06. The maximum absolute atomic E-state index is 10.8. The lowest BCUT2D eigenvalue weighted by atomic mass is 10.1. The average molecular weight is 201 g/mol. The van der Waals surface area contributed by atoms with E-state index in [2.05, 4.69) is 4.84 Å². The van der Waals surface area contributed by atoms with Crippen LogP contribution in [0.2, 0.25) is 0 Å². The predicted molar refractivity (Wildman–Crippen MR) is 49.3 cm³/mol. The van der Waals surface area contributed by atoms with Crippen LogP contribution in [0.4, 0.5) is 0 Å². The normalized spacial score (nSPS) is 10.5. The third kappa shape index (κ3) is 1.99. The van der Waals surface area contributed by atoms with Gasteiger partial charge in [-0.3, -0.25) is 0 Å². The van der Waals surface area contributed by atoms with Crippen molar-refractivity contribution in [1.82, 2.24) is 0 Å². The minimum atomic E-state index is -2.55. The van der Waals surface area contributed by atoms with Crippen molar-refractivity contribution in [3.8, 4) is 5.75 Å². The van der Waals surface area contributed by atoms with Crippen molar-refractivity contribution >= 4 is 10.7 Å².